The molecule has 2 aromatic rings. The number of hydrogen-bond acceptors (Lipinski definition) is 4. The Hall–Kier alpha value is -2.24. The highest BCUT2D eigenvalue weighted by Crippen LogP contribution is 2.33. The van der Waals surface area contributed by atoms with E-state index in [1.165, 1.54) is 10.6 Å². The van der Waals surface area contributed by atoms with Gasteiger partial charge in [-0.2, -0.15) is 0 Å². The van der Waals surface area contributed by atoms with Gasteiger partial charge in [0, 0.05) is 5.69 Å². The first kappa shape index (κ1) is 15.3. The fraction of sp³-hybridized carbons (Fsp3) is 0.368. The summed E-state index contributed by atoms with van der Waals surface area (Å²) in [5.41, 5.74) is 2.19. The average Bonchev–Trinajstić information content (AvgIpc) is 3.11. The maximum absolute atomic E-state index is 10.6. The Morgan fingerprint density at radius 2 is 1.75 bits per heavy atom. The summed E-state index contributed by atoms with van der Waals surface area (Å²) >= 11 is 0. The van der Waals surface area contributed by atoms with Gasteiger partial charge in [0.15, 0.2) is 11.5 Å². The molecule has 1 saturated heterocycles. The lowest BCUT2D eigenvalue weighted by Gasteiger charge is -2.34. The molecule has 4 rings (SSSR count). The summed E-state index contributed by atoms with van der Waals surface area (Å²) in [6.07, 6.45) is -0.474. The van der Waals surface area contributed by atoms with Crippen molar-refractivity contribution in [2.24, 2.45) is 0 Å². The van der Waals surface area contributed by atoms with E-state index in [0.29, 0.717) is 0 Å². The van der Waals surface area contributed by atoms with Gasteiger partial charge >= 0.3 is 0 Å². The molecule has 0 bridgehead atoms. The molecule has 2 aromatic carbocycles. The van der Waals surface area contributed by atoms with E-state index >= 15 is 0 Å². The number of rotatable bonds is 4. The predicted octanol–water partition coefficient (Wildman–Crippen LogP) is 0.854. The van der Waals surface area contributed by atoms with E-state index in [4.69, 9.17) is 9.47 Å². The van der Waals surface area contributed by atoms with Crippen LogP contribution in [0.2, 0.25) is 0 Å². The third-order valence-corrected chi connectivity index (χ3v) is 4.86. The van der Waals surface area contributed by atoms with Crippen LogP contribution in [-0.4, -0.2) is 44.6 Å². The van der Waals surface area contributed by atoms with Gasteiger partial charge in [0.2, 0.25) is 6.79 Å². The topological polar surface area (TPSA) is 46.4 Å². The summed E-state index contributed by atoms with van der Waals surface area (Å²) in [5, 5.41) is 10.6. The van der Waals surface area contributed by atoms with Crippen molar-refractivity contribution in [2.75, 3.05) is 44.4 Å². The number of fused-ring (bicyclic) bond motifs is 1. The zero-order valence-corrected chi connectivity index (χ0v) is 13.6. The number of para-hydroxylation sites is 1. The second-order valence-corrected chi connectivity index (χ2v) is 6.41. The van der Waals surface area contributed by atoms with Gasteiger partial charge in [-0.05, 0) is 29.8 Å². The largest absolute Gasteiger partial charge is 0.454 e. The Morgan fingerprint density at radius 3 is 2.54 bits per heavy atom. The minimum absolute atomic E-state index is 0.265. The summed E-state index contributed by atoms with van der Waals surface area (Å²) in [5.74, 6) is 1.49. The van der Waals surface area contributed by atoms with Gasteiger partial charge in [0.25, 0.3) is 0 Å². The molecule has 126 valence electrons. The summed E-state index contributed by atoms with van der Waals surface area (Å²) in [6, 6.07) is 16.2. The molecule has 0 radical (unpaired) electrons. The van der Waals surface area contributed by atoms with Crippen LogP contribution in [0.15, 0.2) is 48.5 Å². The Kier molecular flexibility index (Phi) is 4.28. The Bertz CT molecular complexity index is 684. The molecule has 24 heavy (non-hydrogen) atoms. The zero-order valence-electron chi connectivity index (χ0n) is 13.6. The number of piperazine rings is 1. The summed E-state index contributed by atoms with van der Waals surface area (Å²) in [7, 11) is 0. The first-order chi connectivity index (χ1) is 11.8. The van der Waals surface area contributed by atoms with Gasteiger partial charge in [-0.15, -0.1) is 0 Å². The summed E-state index contributed by atoms with van der Waals surface area (Å²) in [4.78, 5) is 3.85. The molecule has 0 spiro atoms. The van der Waals surface area contributed by atoms with Crippen molar-refractivity contribution in [2.45, 2.75) is 6.10 Å². The van der Waals surface area contributed by atoms with E-state index in [9.17, 15) is 5.11 Å². The van der Waals surface area contributed by atoms with Gasteiger partial charge in [0.1, 0.15) is 12.6 Å². The molecular formula is C19H23N2O3+. The van der Waals surface area contributed by atoms with Crippen molar-refractivity contribution in [1.82, 2.24) is 0 Å². The highest BCUT2D eigenvalue weighted by atomic mass is 16.7. The van der Waals surface area contributed by atoms with Gasteiger partial charge in [0.05, 0.1) is 26.2 Å². The van der Waals surface area contributed by atoms with Gasteiger partial charge in [-0.3, -0.25) is 0 Å². The van der Waals surface area contributed by atoms with E-state index in [1.807, 2.05) is 24.3 Å². The van der Waals surface area contributed by atoms with Crippen LogP contribution in [0.4, 0.5) is 5.69 Å². The molecule has 0 saturated carbocycles. The number of ether oxygens (including phenoxy) is 2. The lowest BCUT2D eigenvalue weighted by atomic mass is 10.1. The average molecular weight is 327 g/mol. The molecule has 2 heterocycles. The smallest absolute Gasteiger partial charge is 0.231 e. The maximum atomic E-state index is 10.6. The lowest BCUT2D eigenvalue weighted by molar-refractivity contribution is -0.904. The molecule has 2 N–H and O–H groups in total. The van der Waals surface area contributed by atoms with Gasteiger partial charge < -0.3 is 24.4 Å². The Balaban J connectivity index is 1.33. The van der Waals surface area contributed by atoms with Crippen LogP contribution in [0.1, 0.15) is 11.7 Å². The molecule has 1 atom stereocenters. The van der Waals surface area contributed by atoms with E-state index in [1.54, 1.807) is 0 Å². The number of hydrogen-bond donors (Lipinski definition) is 2. The third-order valence-electron chi connectivity index (χ3n) is 4.86. The molecule has 2 aliphatic rings. The van der Waals surface area contributed by atoms with Crippen LogP contribution >= 0.6 is 0 Å². The standard InChI is InChI=1S/C19H22N2O3/c22-17(15-6-7-18-19(12-15)24-14-23-18)13-20-8-10-21(11-9-20)16-4-2-1-3-5-16/h1-7,12,17,22H,8-11,13-14H2/p+1/t17-/m0/s1. The number of quaternary nitrogens is 1. The lowest BCUT2D eigenvalue weighted by Crippen LogP contribution is -3.15. The first-order valence-electron chi connectivity index (χ1n) is 8.51. The molecule has 2 aliphatic heterocycles. The van der Waals surface area contributed by atoms with Crippen LogP contribution in [0.25, 0.3) is 0 Å². The minimum Gasteiger partial charge on any atom is -0.454 e. The van der Waals surface area contributed by atoms with Crippen molar-refractivity contribution in [3.63, 3.8) is 0 Å². The van der Waals surface area contributed by atoms with Crippen molar-refractivity contribution in [3.05, 3.63) is 54.1 Å². The highest BCUT2D eigenvalue weighted by Gasteiger charge is 2.24. The highest BCUT2D eigenvalue weighted by molar-refractivity contribution is 5.46. The fourth-order valence-electron chi connectivity index (χ4n) is 3.44. The number of anilines is 1. The van der Waals surface area contributed by atoms with Crippen molar-refractivity contribution in [1.29, 1.82) is 0 Å². The van der Waals surface area contributed by atoms with E-state index in [0.717, 1.165) is 49.8 Å². The Labute approximate surface area is 142 Å². The quantitative estimate of drug-likeness (QED) is 0.874. The zero-order chi connectivity index (χ0) is 16.4. The van der Waals surface area contributed by atoms with E-state index < -0.39 is 6.10 Å². The van der Waals surface area contributed by atoms with E-state index in [2.05, 4.69) is 29.2 Å². The first-order valence-corrected chi connectivity index (χ1v) is 8.51. The number of benzene rings is 2. The Morgan fingerprint density at radius 1 is 1.00 bits per heavy atom. The van der Waals surface area contributed by atoms with E-state index in [-0.39, 0.29) is 6.79 Å². The maximum Gasteiger partial charge on any atom is 0.231 e. The SMILES string of the molecule is O[C@@H](C[NH+]1CCN(c2ccccc2)CC1)c1ccc2c(c1)OCO2. The van der Waals surface area contributed by atoms with Crippen LogP contribution in [0.3, 0.4) is 0 Å². The monoisotopic (exact) mass is 327 g/mol. The van der Waals surface area contributed by atoms with Gasteiger partial charge in [-0.1, -0.05) is 24.3 Å². The number of aliphatic hydroxyl groups is 1. The van der Waals surface area contributed by atoms with Crippen LogP contribution in [-0.2, 0) is 0 Å². The molecule has 0 aromatic heterocycles. The number of nitrogens with one attached hydrogen (secondary N) is 1. The van der Waals surface area contributed by atoms with Crippen LogP contribution in [0, 0.1) is 0 Å². The second-order valence-electron chi connectivity index (χ2n) is 6.41. The minimum atomic E-state index is -0.474. The third kappa shape index (κ3) is 3.18. The van der Waals surface area contributed by atoms with Crippen molar-refractivity contribution >= 4 is 5.69 Å². The molecule has 0 aliphatic carbocycles. The fourth-order valence-corrected chi connectivity index (χ4v) is 3.44. The molecule has 0 unspecified atom stereocenters. The summed E-state index contributed by atoms with van der Waals surface area (Å²) < 4.78 is 10.7. The second kappa shape index (κ2) is 6.71. The number of nitrogens with zero attached hydrogens (tertiary/aromatic N) is 1. The molecular weight excluding hydrogens is 304 g/mol. The summed E-state index contributed by atoms with van der Waals surface area (Å²) in [6.45, 7) is 5.11. The molecule has 0 amide bonds. The van der Waals surface area contributed by atoms with Crippen LogP contribution in [0.5, 0.6) is 11.5 Å². The van der Waals surface area contributed by atoms with Crippen molar-refractivity contribution < 1.29 is 19.5 Å². The molecule has 1 fully saturated rings. The number of aliphatic hydroxyl groups excluding tert-OH is 1. The van der Waals surface area contributed by atoms with Crippen LogP contribution < -0.4 is 19.3 Å². The molecule has 5 nitrogen and oxygen atoms in total. The predicted molar refractivity (Wildman–Crippen MR) is 91.7 cm³/mol. The normalized spacial score (nSPS) is 18.6. The molecule has 5 heteroatoms. The van der Waals surface area contributed by atoms with Crippen molar-refractivity contribution in [3.8, 4) is 11.5 Å². The van der Waals surface area contributed by atoms with Gasteiger partial charge in [-0.25, -0.2) is 0 Å².